The SMILES string of the molecule is CCC(C)(C)NC(=O)C(Cc1cnco1)NC(=O)OC(C)(C)C. The van der Waals surface area contributed by atoms with Gasteiger partial charge in [0, 0.05) is 12.0 Å². The molecule has 0 saturated carbocycles. The number of aromatic nitrogens is 1. The molecule has 1 aromatic heterocycles. The summed E-state index contributed by atoms with van der Waals surface area (Å²) in [7, 11) is 0. The van der Waals surface area contributed by atoms with E-state index in [0.717, 1.165) is 6.42 Å². The fourth-order valence-corrected chi connectivity index (χ4v) is 1.71. The van der Waals surface area contributed by atoms with Gasteiger partial charge < -0.3 is 19.8 Å². The number of alkyl carbamates (subject to hydrolysis) is 1. The zero-order chi connectivity index (χ0) is 17.7. The summed E-state index contributed by atoms with van der Waals surface area (Å²) >= 11 is 0. The molecule has 0 fully saturated rings. The molecule has 23 heavy (non-hydrogen) atoms. The minimum atomic E-state index is -0.802. The van der Waals surface area contributed by atoms with Gasteiger partial charge in [-0.15, -0.1) is 0 Å². The van der Waals surface area contributed by atoms with E-state index in [9.17, 15) is 9.59 Å². The van der Waals surface area contributed by atoms with E-state index in [4.69, 9.17) is 9.15 Å². The number of oxazole rings is 1. The first-order valence-corrected chi connectivity index (χ1v) is 7.71. The Morgan fingerprint density at radius 3 is 2.43 bits per heavy atom. The topological polar surface area (TPSA) is 93.5 Å². The Hall–Kier alpha value is -2.05. The molecule has 0 aromatic carbocycles. The summed E-state index contributed by atoms with van der Waals surface area (Å²) in [5.74, 6) is 0.217. The molecule has 1 atom stereocenters. The zero-order valence-corrected chi connectivity index (χ0v) is 14.7. The number of carbonyl (C=O) groups excluding carboxylic acids is 2. The van der Waals surface area contributed by atoms with Crippen molar-refractivity contribution in [2.45, 2.75) is 71.6 Å². The Bertz CT molecular complexity index is 518. The molecule has 0 saturated heterocycles. The minimum absolute atomic E-state index is 0.199. The van der Waals surface area contributed by atoms with Crippen LogP contribution in [0.4, 0.5) is 4.79 Å². The Labute approximate surface area is 137 Å². The van der Waals surface area contributed by atoms with Gasteiger partial charge in [0.1, 0.15) is 17.4 Å². The van der Waals surface area contributed by atoms with Gasteiger partial charge in [-0.1, -0.05) is 6.92 Å². The lowest BCUT2D eigenvalue weighted by molar-refractivity contribution is -0.124. The van der Waals surface area contributed by atoms with Gasteiger partial charge >= 0.3 is 6.09 Å². The third-order valence-corrected chi connectivity index (χ3v) is 3.24. The van der Waals surface area contributed by atoms with Crippen LogP contribution in [-0.2, 0) is 16.0 Å². The molecule has 1 unspecified atom stereocenters. The third-order valence-electron chi connectivity index (χ3n) is 3.24. The average molecular weight is 325 g/mol. The first-order valence-electron chi connectivity index (χ1n) is 7.71. The van der Waals surface area contributed by atoms with Crippen molar-refractivity contribution in [3.05, 3.63) is 18.4 Å². The van der Waals surface area contributed by atoms with Gasteiger partial charge in [0.15, 0.2) is 6.39 Å². The summed E-state index contributed by atoms with van der Waals surface area (Å²) in [6, 6.07) is -0.802. The molecule has 1 rings (SSSR count). The molecule has 2 amide bonds. The van der Waals surface area contributed by atoms with Gasteiger partial charge in [-0.3, -0.25) is 4.79 Å². The smallest absolute Gasteiger partial charge is 0.408 e. The van der Waals surface area contributed by atoms with E-state index in [2.05, 4.69) is 15.6 Å². The van der Waals surface area contributed by atoms with Crippen LogP contribution in [-0.4, -0.2) is 34.2 Å². The molecular formula is C16H27N3O4. The second-order valence-corrected chi connectivity index (χ2v) is 7.10. The highest BCUT2D eigenvalue weighted by molar-refractivity contribution is 5.86. The lowest BCUT2D eigenvalue weighted by Gasteiger charge is -2.28. The molecular weight excluding hydrogens is 298 g/mol. The van der Waals surface area contributed by atoms with Gasteiger partial charge in [0.05, 0.1) is 6.20 Å². The van der Waals surface area contributed by atoms with E-state index in [1.54, 1.807) is 20.8 Å². The predicted molar refractivity (Wildman–Crippen MR) is 85.9 cm³/mol. The first-order chi connectivity index (χ1) is 10.5. The number of amides is 2. The van der Waals surface area contributed by atoms with Gasteiger partial charge in [-0.25, -0.2) is 9.78 Å². The molecule has 1 aromatic rings. The molecule has 7 nitrogen and oxygen atoms in total. The van der Waals surface area contributed by atoms with Crippen LogP contribution in [0, 0.1) is 0 Å². The summed E-state index contributed by atoms with van der Waals surface area (Å²) in [6.45, 7) is 11.1. The van der Waals surface area contributed by atoms with Crippen molar-refractivity contribution in [2.75, 3.05) is 0 Å². The highest BCUT2D eigenvalue weighted by Gasteiger charge is 2.28. The van der Waals surface area contributed by atoms with E-state index in [1.807, 2.05) is 20.8 Å². The van der Waals surface area contributed by atoms with Crippen molar-refractivity contribution < 1.29 is 18.7 Å². The molecule has 0 aliphatic carbocycles. The normalized spacial score (nSPS) is 13.3. The van der Waals surface area contributed by atoms with Crippen LogP contribution in [0.2, 0.25) is 0 Å². The standard InChI is InChI=1S/C16H27N3O4/c1-7-16(5,6)19-13(20)12(8-11-9-17-10-22-11)18-14(21)23-15(2,3)4/h9-10,12H,7-8H2,1-6H3,(H,18,21)(H,19,20). The second kappa shape index (κ2) is 7.48. The van der Waals surface area contributed by atoms with Crippen LogP contribution in [0.25, 0.3) is 0 Å². The average Bonchev–Trinajstić information content (AvgIpc) is 2.88. The van der Waals surface area contributed by atoms with E-state index in [0.29, 0.717) is 5.76 Å². The highest BCUT2D eigenvalue weighted by atomic mass is 16.6. The fraction of sp³-hybridized carbons (Fsp3) is 0.688. The molecule has 2 N–H and O–H groups in total. The largest absolute Gasteiger partial charge is 0.448 e. The number of rotatable bonds is 6. The Morgan fingerprint density at radius 1 is 1.30 bits per heavy atom. The molecule has 1 heterocycles. The Balaban J connectivity index is 2.80. The van der Waals surface area contributed by atoms with E-state index >= 15 is 0 Å². The lowest BCUT2D eigenvalue weighted by atomic mass is 10.0. The van der Waals surface area contributed by atoms with Crippen molar-refractivity contribution in [2.24, 2.45) is 0 Å². The molecule has 7 heteroatoms. The van der Waals surface area contributed by atoms with Gasteiger partial charge in [0.2, 0.25) is 5.91 Å². The monoisotopic (exact) mass is 325 g/mol. The molecule has 0 spiro atoms. The lowest BCUT2D eigenvalue weighted by Crippen LogP contribution is -2.54. The number of nitrogens with zero attached hydrogens (tertiary/aromatic N) is 1. The maximum absolute atomic E-state index is 12.5. The van der Waals surface area contributed by atoms with Gasteiger partial charge in [0.25, 0.3) is 0 Å². The van der Waals surface area contributed by atoms with Gasteiger partial charge in [-0.05, 0) is 41.0 Å². The predicted octanol–water partition coefficient (Wildman–Crippen LogP) is 2.42. The van der Waals surface area contributed by atoms with Crippen molar-refractivity contribution >= 4 is 12.0 Å². The van der Waals surface area contributed by atoms with Gasteiger partial charge in [-0.2, -0.15) is 0 Å². The minimum Gasteiger partial charge on any atom is -0.448 e. The van der Waals surface area contributed by atoms with Crippen LogP contribution >= 0.6 is 0 Å². The van der Waals surface area contributed by atoms with Crippen LogP contribution in [0.5, 0.6) is 0 Å². The quantitative estimate of drug-likeness (QED) is 0.838. The van der Waals surface area contributed by atoms with Crippen LogP contribution < -0.4 is 10.6 Å². The van der Waals surface area contributed by atoms with Crippen LogP contribution in [0.15, 0.2) is 17.0 Å². The molecule has 0 aliphatic rings. The highest BCUT2D eigenvalue weighted by Crippen LogP contribution is 2.11. The summed E-state index contributed by atoms with van der Waals surface area (Å²) in [5.41, 5.74) is -1.01. The number of ether oxygens (including phenoxy) is 1. The Morgan fingerprint density at radius 2 is 1.96 bits per heavy atom. The molecule has 130 valence electrons. The number of nitrogens with one attached hydrogen (secondary N) is 2. The summed E-state index contributed by atoms with van der Waals surface area (Å²) in [4.78, 5) is 28.3. The van der Waals surface area contributed by atoms with Crippen molar-refractivity contribution in [3.8, 4) is 0 Å². The first kappa shape index (κ1) is 19.0. The van der Waals surface area contributed by atoms with Crippen LogP contribution in [0.1, 0.15) is 53.7 Å². The molecule has 0 aliphatic heterocycles. The maximum atomic E-state index is 12.5. The van der Waals surface area contributed by atoms with E-state index in [1.165, 1.54) is 12.6 Å². The van der Waals surface area contributed by atoms with Crippen LogP contribution in [0.3, 0.4) is 0 Å². The second-order valence-electron chi connectivity index (χ2n) is 7.10. The zero-order valence-electron chi connectivity index (χ0n) is 14.7. The van der Waals surface area contributed by atoms with Crippen molar-refractivity contribution in [1.82, 2.24) is 15.6 Å². The summed E-state index contributed by atoms with van der Waals surface area (Å²) < 4.78 is 10.4. The maximum Gasteiger partial charge on any atom is 0.408 e. The number of carbonyl (C=O) groups is 2. The van der Waals surface area contributed by atoms with E-state index < -0.39 is 17.7 Å². The molecule has 0 radical (unpaired) electrons. The summed E-state index contributed by atoms with van der Waals surface area (Å²) in [5, 5.41) is 5.51. The third kappa shape index (κ3) is 7.17. The van der Waals surface area contributed by atoms with Crippen molar-refractivity contribution in [1.29, 1.82) is 0 Å². The number of hydrogen-bond donors (Lipinski definition) is 2. The van der Waals surface area contributed by atoms with E-state index in [-0.39, 0.29) is 17.9 Å². The molecule has 0 bridgehead atoms. The Kier molecular flexibility index (Phi) is 6.18. The van der Waals surface area contributed by atoms with Crippen molar-refractivity contribution in [3.63, 3.8) is 0 Å². The number of hydrogen-bond acceptors (Lipinski definition) is 5. The fourth-order valence-electron chi connectivity index (χ4n) is 1.71. The summed E-state index contributed by atoms with van der Waals surface area (Å²) in [6.07, 6.45) is 3.12.